The van der Waals surface area contributed by atoms with E-state index in [2.05, 4.69) is 0 Å². The molecule has 1 aromatic carbocycles. The molecule has 0 unspecified atom stereocenters. The number of likely N-dealkylation sites (tertiary alicyclic amines) is 1. The molecular formula is C42H58N2O7. The molecule has 2 saturated carbocycles. The van der Waals surface area contributed by atoms with Crippen molar-refractivity contribution in [2.24, 2.45) is 28.6 Å². The number of Topliss-reactive ketones (excluding diaryl/α,β-unsaturated/α-hetero) is 4. The molecule has 51 heavy (non-hydrogen) atoms. The second kappa shape index (κ2) is 15.6. The lowest BCUT2D eigenvalue weighted by Crippen LogP contribution is -2.48. The molecule has 5 rings (SSSR count). The van der Waals surface area contributed by atoms with Crippen molar-refractivity contribution in [3.05, 3.63) is 35.5 Å². The number of fused-ring (bicyclic) bond motifs is 1. The van der Waals surface area contributed by atoms with Crippen molar-refractivity contribution >= 4 is 39.8 Å². The number of hydrogen-bond donors (Lipinski definition) is 1. The molecular weight excluding hydrogens is 644 g/mol. The number of ketones is 4. The molecule has 3 fully saturated rings. The van der Waals surface area contributed by atoms with Gasteiger partial charge in [-0.15, -0.1) is 0 Å². The normalized spacial score (nSPS) is 20.7. The molecule has 2 heterocycles. The molecule has 9 nitrogen and oxygen atoms in total. The van der Waals surface area contributed by atoms with Gasteiger partial charge in [0.15, 0.2) is 11.6 Å². The maximum Gasteiger partial charge on any atom is 0.227 e. The minimum absolute atomic E-state index is 0.00300. The van der Waals surface area contributed by atoms with Gasteiger partial charge in [0.25, 0.3) is 0 Å². The Bertz CT molecular complexity index is 1640. The predicted octanol–water partition coefficient (Wildman–Crippen LogP) is 7.32. The lowest BCUT2D eigenvalue weighted by Gasteiger charge is -2.35. The summed E-state index contributed by atoms with van der Waals surface area (Å²) in [7, 11) is 0. The van der Waals surface area contributed by atoms with E-state index in [9.17, 15) is 29.1 Å². The molecule has 9 heteroatoms. The maximum atomic E-state index is 14.6. The minimum Gasteiger partial charge on any atom is -0.472 e. The molecule has 0 radical (unpaired) electrons. The second-order valence-corrected chi connectivity index (χ2v) is 17.8. The lowest BCUT2D eigenvalue weighted by atomic mass is 9.75. The number of hydrogen-bond acceptors (Lipinski definition) is 8. The summed E-state index contributed by atoms with van der Waals surface area (Å²) in [5, 5.41) is 11.5. The van der Waals surface area contributed by atoms with Crippen molar-refractivity contribution in [2.75, 3.05) is 6.54 Å². The number of benzene rings is 1. The van der Waals surface area contributed by atoms with Crippen LogP contribution in [0.1, 0.15) is 136 Å². The second-order valence-electron chi connectivity index (χ2n) is 17.8. The van der Waals surface area contributed by atoms with E-state index >= 15 is 0 Å². The first-order valence-electron chi connectivity index (χ1n) is 19.1. The zero-order valence-electron chi connectivity index (χ0n) is 31.8. The number of amides is 1. The molecule has 1 amide bonds. The van der Waals surface area contributed by atoms with Gasteiger partial charge in [-0.3, -0.25) is 24.0 Å². The van der Waals surface area contributed by atoms with E-state index < -0.39 is 41.0 Å². The smallest absolute Gasteiger partial charge is 0.227 e. The fourth-order valence-electron chi connectivity index (χ4n) is 7.48. The van der Waals surface area contributed by atoms with Gasteiger partial charge in [-0.1, -0.05) is 61.0 Å². The van der Waals surface area contributed by atoms with E-state index in [-0.39, 0.29) is 67.6 Å². The quantitative estimate of drug-likeness (QED) is 0.170. The number of nitrogens with zero attached hydrogens (tertiary/aromatic N) is 2. The van der Waals surface area contributed by atoms with Gasteiger partial charge >= 0.3 is 0 Å². The minimum atomic E-state index is -0.866. The van der Waals surface area contributed by atoms with Crippen molar-refractivity contribution in [2.45, 2.75) is 144 Å². The van der Waals surface area contributed by atoms with Gasteiger partial charge in [-0.25, -0.2) is 4.98 Å². The van der Waals surface area contributed by atoms with E-state index in [1.54, 1.807) is 4.90 Å². The Labute approximate surface area is 303 Å². The molecule has 1 saturated heterocycles. The molecule has 0 bridgehead atoms. The number of carbonyl (C=O) groups excluding carboxylic acids is 5. The first kappa shape index (κ1) is 38.8. The summed E-state index contributed by atoms with van der Waals surface area (Å²) in [6.07, 6.45) is 5.26. The van der Waals surface area contributed by atoms with Crippen LogP contribution < -0.4 is 4.74 Å². The van der Waals surface area contributed by atoms with Crippen LogP contribution in [-0.2, 0) is 30.6 Å². The van der Waals surface area contributed by atoms with Gasteiger partial charge < -0.3 is 14.7 Å². The molecule has 1 aromatic heterocycles. The third-order valence-corrected chi connectivity index (χ3v) is 10.7. The Hall–Kier alpha value is -3.46. The van der Waals surface area contributed by atoms with Crippen LogP contribution in [0.3, 0.4) is 0 Å². The van der Waals surface area contributed by atoms with Gasteiger partial charge in [0.1, 0.15) is 11.9 Å². The highest BCUT2D eigenvalue weighted by Crippen LogP contribution is 2.42. The van der Waals surface area contributed by atoms with Crippen LogP contribution in [0.2, 0.25) is 0 Å². The highest BCUT2D eigenvalue weighted by atomic mass is 16.5. The number of aliphatic hydroxyl groups excluding tert-OH is 1. The summed E-state index contributed by atoms with van der Waals surface area (Å²) in [6.45, 7) is 13.8. The standard InChI is InChI=1S/C42H58N2O7/c1-8-9-28(38(49)37(48)17-25-10-11-25)19-36(47)35-21-31(23-44(35)40(50)33(42(5,6)7)20-30(46)22-41(2,3)4)51-39-32-15-12-26(24-45)16-29(32)18-34(43-39)27-13-14-27/h12,15-16,18,25,27-28,31,33,35,45H,8-11,13-14,17,19-24H2,1-7H3/t28-,31-,33-,35+/m1/s1. The van der Waals surface area contributed by atoms with Crippen LogP contribution in [-0.4, -0.2) is 62.7 Å². The lowest BCUT2D eigenvalue weighted by molar-refractivity contribution is -0.146. The monoisotopic (exact) mass is 702 g/mol. The fourth-order valence-corrected chi connectivity index (χ4v) is 7.48. The van der Waals surface area contributed by atoms with Crippen LogP contribution >= 0.6 is 0 Å². The van der Waals surface area contributed by atoms with E-state index in [1.165, 1.54) is 0 Å². The first-order valence-corrected chi connectivity index (χ1v) is 19.1. The zero-order valence-corrected chi connectivity index (χ0v) is 31.8. The van der Waals surface area contributed by atoms with Crippen molar-refractivity contribution in [3.63, 3.8) is 0 Å². The van der Waals surface area contributed by atoms with Crippen LogP contribution in [0.15, 0.2) is 24.3 Å². The average molecular weight is 703 g/mol. The van der Waals surface area contributed by atoms with Crippen LogP contribution in [0.5, 0.6) is 5.88 Å². The molecule has 2 aromatic rings. The highest BCUT2D eigenvalue weighted by molar-refractivity contribution is 6.38. The molecule has 0 spiro atoms. The number of pyridine rings is 1. The molecule has 4 atom stereocenters. The summed E-state index contributed by atoms with van der Waals surface area (Å²) in [5.41, 5.74) is 0.918. The average Bonchev–Trinajstić information content (AvgIpc) is 3.99. The molecule has 3 aliphatic rings. The first-order chi connectivity index (χ1) is 24.0. The van der Waals surface area contributed by atoms with Crippen molar-refractivity contribution in [1.29, 1.82) is 0 Å². The van der Waals surface area contributed by atoms with Gasteiger partial charge in [-0.05, 0) is 78.0 Å². The summed E-state index contributed by atoms with van der Waals surface area (Å²) < 4.78 is 6.63. The number of ether oxygens (including phenoxy) is 1. The van der Waals surface area contributed by atoms with Crippen molar-refractivity contribution < 1.29 is 33.8 Å². The Morgan fingerprint density at radius 3 is 2.27 bits per heavy atom. The fraction of sp³-hybridized carbons (Fsp3) is 0.667. The van der Waals surface area contributed by atoms with Gasteiger partial charge in [0.2, 0.25) is 17.6 Å². The Morgan fingerprint density at radius 1 is 0.980 bits per heavy atom. The molecule has 2 aliphatic carbocycles. The largest absolute Gasteiger partial charge is 0.472 e. The third kappa shape index (κ3) is 10.1. The molecule has 278 valence electrons. The topological polar surface area (TPSA) is 131 Å². The summed E-state index contributed by atoms with van der Waals surface area (Å²) in [4.78, 5) is 74.9. The van der Waals surface area contributed by atoms with E-state index in [4.69, 9.17) is 9.72 Å². The number of carbonyl (C=O) groups is 5. The molecule has 1 aliphatic heterocycles. The third-order valence-electron chi connectivity index (χ3n) is 10.7. The van der Waals surface area contributed by atoms with E-state index in [1.807, 2.05) is 72.7 Å². The van der Waals surface area contributed by atoms with Crippen LogP contribution in [0, 0.1) is 28.6 Å². The number of aliphatic hydroxyl groups is 1. The Kier molecular flexibility index (Phi) is 11.9. The van der Waals surface area contributed by atoms with Crippen molar-refractivity contribution in [3.8, 4) is 5.88 Å². The predicted molar refractivity (Wildman–Crippen MR) is 196 cm³/mol. The highest BCUT2D eigenvalue weighted by Gasteiger charge is 2.46. The Balaban J connectivity index is 1.45. The summed E-state index contributed by atoms with van der Waals surface area (Å²) >= 11 is 0. The summed E-state index contributed by atoms with van der Waals surface area (Å²) in [6, 6.07) is 6.84. The van der Waals surface area contributed by atoms with Crippen LogP contribution in [0.4, 0.5) is 0 Å². The van der Waals surface area contributed by atoms with E-state index in [0.29, 0.717) is 31.1 Å². The number of rotatable bonds is 17. The SMILES string of the molecule is CCC[C@H](CC(=O)[C@@H]1C[C@@H](Oc2nc(C3CC3)cc3cc(CO)ccc23)CN1C(=O)[C@@H](CC(=O)CC(C)(C)C)C(C)(C)C)C(=O)C(=O)CC1CC1. The van der Waals surface area contributed by atoms with Crippen LogP contribution in [0.25, 0.3) is 10.8 Å². The van der Waals surface area contributed by atoms with E-state index in [0.717, 1.165) is 47.7 Å². The summed E-state index contributed by atoms with van der Waals surface area (Å²) in [5.74, 6) is -1.73. The molecule has 1 N–H and O–H groups in total. The van der Waals surface area contributed by atoms with Gasteiger partial charge in [0, 0.05) is 60.9 Å². The zero-order chi connectivity index (χ0) is 37.2. The number of aromatic nitrogens is 1. The van der Waals surface area contributed by atoms with Crippen molar-refractivity contribution in [1.82, 2.24) is 9.88 Å². The van der Waals surface area contributed by atoms with Gasteiger partial charge in [-0.2, -0.15) is 0 Å². The van der Waals surface area contributed by atoms with Gasteiger partial charge in [0.05, 0.1) is 19.2 Å². The maximum absolute atomic E-state index is 14.6. The Morgan fingerprint density at radius 2 is 1.69 bits per heavy atom.